The van der Waals surface area contributed by atoms with Gasteiger partial charge < -0.3 is 40.2 Å². The number of benzene rings is 1. The van der Waals surface area contributed by atoms with E-state index in [0.717, 1.165) is 21.8 Å². The van der Waals surface area contributed by atoms with E-state index in [1.165, 1.54) is 70.6 Å². The summed E-state index contributed by atoms with van der Waals surface area (Å²) < 4.78 is 0. The van der Waals surface area contributed by atoms with E-state index in [1.54, 1.807) is 30.3 Å². The van der Waals surface area contributed by atoms with Crippen LogP contribution in [-0.2, 0) is 44.8 Å². The Morgan fingerprint density at radius 3 is 1.86 bits per heavy atom. The van der Waals surface area contributed by atoms with E-state index in [9.17, 15) is 43.5 Å². The van der Waals surface area contributed by atoms with Crippen molar-refractivity contribution in [2.45, 2.75) is 116 Å². The first-order valence-corrected chi connectivity index (χ1v) is 19.5. The highest BCUT2D eigenvalue weighted by Gasteiger charge is 2.41. The van der Waals surface area contributed by atoms with Crippen LogP contribution in [0.25, 0.3) is 0 Å². The number of hydrogen-bond acceptors (Lipinski definition) is 9. The van der Waals surface area contributed by atoms with Crippen LogP contribution in [0.5, 0.6) is 0 Å². The summed E-state index contributed by atoms with van der Waals surface area (Å²) in [7, 11) is 5.48. The number of aliphatic hydroxyl groups is 1. The highest BCUT2D eigenvalue weighted by Crippen LogP contribution is 2.19. The predicted octanol–water partition coefficient (Wildman–Crippen LogP) is -0.0130. The smallest absolute Gasteiger partial charge is 0.278 e. The van der Waals surface area contributed by atoms with Gasteiger partial charge in [-0.3, -0.25) is 38.4 Å². The first-order valence-electron chi connectivity index (χ1n) is 19.5. The highest BCUT2D eigenvalue weighted by molar-refractivity contribution is 6.66. The standard InChI is InChI=1S/C40H60N8O9/c1-23(2)21-29-34(51)42-31(27(6)49)39(56)44(7)25(4)33(50)43-32(40(57)48-19-15-12-16-20-48)35(52)41-24(3)36(53)45(8)26(5)37(54)47(10)30(38(55)46(29)9)22-28-17-13-11-14-18-28/h11,13-14,17-18,23-27,29-31,49H,12,15-16,19-22H2,1-10H3,(H,41,52)(H,42,51)/b43-32+/t24?,25?,26-,27+,29?,30-,31-/m0/s1. The van der Waals surface area contributed by atoms with Gasteiger partial charge in [0.05, 0.1) is 6.10 Å². The van der Waals surface area contributed by atoms with Crippen molar-refractivity contribution in [2.75, 3.05) is 41.3 Å². The molecule has 57 heavy (non-hydrogen) atoms. The summed E-state index contributed by atoms with van der Waals surface area (Å²) in [6.45, 7) is 9.76. The first kappa shape index (κ1) is 46.2. The van der Waals surface area contributed by atoms with E-state index in [2.05, 4.69) is 15.6 Å². The SMILES string of the molecule is CC(C)CC1C(=O)N[C@@H]([C@@H](C)O)C(=O)N(C)C(C)C(=O)/N=C(/C(=O)N2CCCCC2)C(=O)NC(C)C(=O)N(C)[C@@H](C)C(=O)N(C)[C@@H](Cc2ccccc2)C(=O)N1C. The monoisotopic (exact) mass is 796 g/mol. The van der Waals surface area contributed by atoms with Crippen LogP contribution >= 0.6 is 0 Å². The third-order valence-electron chi connectivity index (χ3n) is 10.8. The van der Waals surface area contributed by atoms with Crippen LogP contribution in [-0.4, -0.2) is 166 Å². The average molecular weight is 797 g/mol. The van der Waals surface area contributed by atoms with Crippen LogP contribution in [0, 0.1) is 5.92 Å². The molecule has 1 aromatic carbocycles. The molecular weight excluding hydrogens is 736 g/mol. The van der Waals surface area contributed by atoms with Crippen molar-refractivity contribution >= 4 is 53.0 Å². The van der Waals surface area contributed by atoms with Crippen molar-refractivity contribution < 1.29 is 43.5 Å². The minimum Gasteiger partial charge on any atom is -0.391 e. The Morgan fingerprint density at radius 2 is 1.30 bits per heavy atom. The number of piperidine rings is 1. The molecule has 1 aromatic rings. The van der Waals surface area contributed by atoms with Crippen LogP contribution in [0.15, 0.2) is 35.3 Å². The number of carbonyl (C=O) groups excluding carboxylic acids is 8. The van der Waals surface area contributed by atoms with Gasteiger partial charge in [-0.05, 0) is 64.9 Å². The van der Waals surface area contributed by atoms with Gasteiger partial charge in [0.15, 0.2) is 5.71 Å². The molecule has 2 aliphatic heterocycles. The first-order chi connectivity index (χ1) is 26.7. The Labute approximate surface area is 335 Å². The van der Waals surface area contributed by atoms with Crippen molar-refractivity contribution in [1.82, 2.24) is 35.1 Å². The molecule has 1 saturated heterocycles. The van der Waals surface area contributed by atoms with Crippen molar-refractivity contribution in [3.05, 3.63) is 35.9 Å². The van der Waals surface area contributed by atoms with Crippen LogP contribution in [0.1, 0.15) is 72.8 Å². The minimum atomic E-state index is -1.58. The molecule has 0 radical (unpaired) electrons. The maximum atomic E-state index is 14.5. The maximum absolute atomic E-state index is 14.5. The number of nitrogens with zero attached hydrogens (tertiary/aromatic N) is 6. The summed E-state index contributed by atoms with van der Waals surface area (Å²) in [5.74, 6) is -6.69. The maximum Gasteiger partial charge on any atom is 0.278 e. The molecule has 2 aliphatic rings. The second-order valence-corrected chi connectivity index (χ2v) is 15.6. The number of hydrogen-bond donors (Lipinski definition) is 3. The van der Waals surface area contributed by atoms with Crippen molar-refractivity contribution in [3.63, 3.8) is 0 Å². The lowest BCUT2D eigenvalue weighted by Crippen LogP contribution is -2.61. The molecule has 0 saturated carbocycles. The molecule has 0 aromatic heterocycles. The van der Waals surface area contributed by atoms with Crippen LogP contribution in [0.4, 0.5) is 0 Å². The van der Waals surface area contributed by atoms with E-state index < -0.39 is 95.3 Å². The van der Waals surface area contributed by atoms with Gasteiger partial charge in [0.25, 0.3) is 17.7 Å². The quantitative estimate of drug-likeness (QED) is 0.353. The summed E-state index contributed by atoms with van der Waals surface area (Å²) in [4.78, 5) is 121. The van der Waals surface area contributed by atoms with Gasteiger partial charge in [-0.2, -0.15) is 0 Å². The molecule has 2 heterocycles. The fourth-order valence-corrected chi connectivity index (χ4v) is 6.80. The van der Waals surface area contributed by atoms with E-state index in [4.69, 9.17) is 0 Å². The lowest BCUT2D eigenvalue weighted by atomic mass is 9.98. The van der Waals surface area contributed by atoms with E-state index in [0.29, 0.717) is 25.9 Å². The Bertz CT molecular complexity index is 1690. The van der Waals surface area contributed by atoms with Crippen LogP contribution < -0.4 is 10.6 Å². The van der Waals surface area contributed by atoms with Crippen molar-refractivity contribution in [3.8, 4) is 0 Å². The van der Waals surface area contributed by atoms with Gasteiger partial charge in [0.2, 0.25) is 29.5 Å². The normalized spacial score (nSPS) is 27.5. The minimum absolute atomic E-state index is 0.0533. The largest absolute Gasteiger partial charge is 0.391 e. The molecule has 3 N–H and O–H groups in total. The Hall–Kier alpha value is -5.19. The third kappa shape index (κ3) is 11.5. The zero-order chi connectivity index (χ0) is 42.9. The topological polar surface area (TPSA) is 209 Å². The van der Waals surface area contributed by atoms with Gasteiger partial charge in [-0.1, -0.05) is 44.2 Å². The Kier molecular flexibility index (Phi) is 16.4. The molecule has 0 spiro atoms. The van der Waals surface area contributed by atoms with Crippen LogP contribution in [0.3, 0.4) is 0 Å². The molecule has 17 heteroatoms. The fourth-order valence-electron chi connectivity index (χ4n) is 6.80. The molecule has 3 rings (SSSR count). The summed E-state index contributed by atoms with van der Waals surface area (Å²) >= 11 is 0. The van der Waals surface area contributed by atoms with Gasteiger partial charge in [0, 0.05) is 47.7 Å². The predicted molar refractivity (Wildman–Crippen MR) is 211 cm³/mol. The van der Waals surface area contributed by atoms with Gasteiger partial charge >= 0.3 is 0 Å². The molecule has 7 atom stereocenters. The molecule has 0 aliphatic carbocycles. The molecule has 3 unspecified atom stereocenters. The number of rotatable bonds is 6. The van der Waals surface area contributed by atoms with E-state index >= 15 is 0 Å². The molecule has 0 bridgehead atoms. The molecule has 8 amide bonds. The second kappa shape index (κ2) is 20.3. The van der Waals surface area contributed by atoms with Gasteiger partial charge in [-0.25, -0.2) is 4.99 Å². The van der Waals surface area contributed by atoms with Gasteiger partial charge in [0.1, 0.15) is 36.3 Å². The number of aliphatic imine (C=N–C) groups is 1. The summed E-state index contributed by atoms with van der Waals surface area (Å²) in [6, 6.07) is 1.22. The van der Waals surface area contributed by atoms with Crippen molar-refractivity contribution in [1.29, 1.82) is 0 Å². The number of amides is 8. The lowest BCUT2D eigenvalue weighted by Gasteiger charge is -2.38. The Morgan fingerprint density at radius 1 is 0.737 bits per heavy atom. The molecule has 17 nitrogen and oxygen atoms in total. The lowest BCUT2D eigenvalue weighted by molar-refractivity contribution is -0.152. The Balaban J connectivity index is 2.19. The van der Waals surface area contributed by atoms with E-state index in [-0.39, 0.29) is 18.8 Å². The zero-order valence-electron chi connectivity index (χ0n) is 34.9. The molecule has 314 valence electrons. The summed E-state index contributed by atoms with van der Waals surface area (Å²) in [5, 5.41) is 15.8. The number of aliphatic hydroxyl groups excluding tert-OH is 1. The zero-order valence-corrected chi connectivity index (χ0v) is 34.9. The fraction of sp³-hybridized carbons (Fsp3) is 0.625. The number of likely N-dealkylation sites (tertiary alicyclic amines) is 1. The van der Waals surface area contributed by atoms with Crippen LogP contribution in [0.2, 0.25) is 0 Å². The average Bonchev–Trinajstić information content (AvgIpc) is 3.19. The molecule has 1 fully saturated rings. The molecular formula is C40H60N8O9. The van der Waals surface area contributed by atoms with E-state index in [1.807, 2.05) is 13.8 Å². The number of nitrogens with one attached hydrogen (secondary N) is 2. The number of carbonyl (C=O) groups is 8. The summed E-state index contributed by atoms with van der Waals surface area (Å²) in [5.41, 5.74) is -0.0652. The highest BCUT2D eigenvalue weighted by atomic mass is 16.3. The second-order valence-electron chi connectivity index (χ2n) is 15.6. The summed E-state index contributed by atoms with van der Waals surface area (Å²) in [6.07, 6.45) is 0.931. The van der Waals surface area contributed by atoms with Crippen molar-refractivity contribution in [2.24, 2.45) is 10.9 Å². The number of likely N-dealkylation sites (N-methyl/N-ethyl adjacent to an activating group) is 4. The third-order valence-corrected chi connectivity index (χ3v) is 10.8. The van der Waals surface area contributed by atoms with Gasteiger partial charge in [-0.15, -0.1) is 0 Å².